The molecule has 2 aromatic carbocycles. The predicted molar refractivity (Wildman–Crippen MR) is 121 cm³/mol. The number of aromatic nitrogens is 2. The smallest absolute Gasteiger partial charge is 0.261 e. The van der Waals surface area contributed by atoms with Gasteiger partial charge >= 0.3 is 0 Å². The van der Waals surface area contributed by atoms with Crippen molar-refractivity contribution in [2.75, 3.05) is 4.72 Å². The molecule has 31 heavy (non-hydrogen) atoms. The summed E-state index contributed by atoms with van der Waals surface area (Å²) in [6.07, 6.45) is 2.90. The van der Waals surface area contributed by atoms with Crippen LogP contribution in [0.1, 0.15) is 21.5 Å². The van der Waals surface area contributed by atoms with Crippen molar-refractivity contribution < 1.29 is 22.0 Å². The van der Waals surface area contributed by atoms with E-state index in [2.05, 4.69) is 14.7 Å². The van der Waals surface area contributed by atoms with Gasteiger partial charge < -0.3 is 4.98 Å². The Morgan fingerprint density at radius 2 is 1.84 bits per heavy atom. The van der Waals surface area contributed by atoms with E-state index in [0.29, 0.717) is 11.0 Å². The number of fused-ring (bicyclic) bond motifs is 1. The summed E-state index contributed by atoms with van der Waals surface area (Å²) in [7, 11) is -4.14. The number of hydrogen-bond donors (Lipinski definition) is 2. The van der Waals surface area contributed by atoms with Crippen LogP contribution in [-0.2, 0) is 10.0 Å². The molecule has 0 fully saturated rings. The van der Waals surface area contributed by atoms with E-state index in [1.165, 1.54) is 18.3 Å². The Morgan fingerprint density at radius 3 is 2.55 bits per heavy atom. The number of H-pyrrole nitrogens is 1. The Hall–Kier alpha value is -2.86. The Bertz CT molecular complexity index is 1430. The second-order valence-corrected chi connectivity index (χ2v) is 9.71. The molecule has 6 nitrogen and oxygen atoms in total. The van der Waals surface area contributed by atoms with E-state index < -0.39 is 38.7 Å². The first-order valence-electron chi connectivity index (χ1n) is 8.92. The quantitative estimate of drug-likeness (QED) is 0.275. The normalized spacial score (nSPS) is 11.6. The summed E-state index contributed by atoms with van der Waals surface area (Å²) in [5, 5.41) is 0.404. The number of sulfonamides is 1. The molecule has 2 heterocycles. The van der Waals surface area contributed by atoms with E-state index in [9.17, 15) is 17.6 Å². The molecule has 0 atom stereocenters. The van der Waals surface area contributed by atoms with Crippen molar-refractivity contribution in [1.82, 2.24) is 9.97 Å². The summed E-state index contributed by atoms with van der Waals surface area (Å²) in [5.41, 5.74) is -0.123. The Labute approximate surface area is 189 Å². The summed E-state index contributed by atoms with van der Waals surface area (Å²) in [6.45, 7) is 1.79. The highest BCUT2D eigenvalue weighted by Crippen LogP contribution is 2.28. The first-order valence-corrected chi connectivity index (χ1v) is 11.5. The zero-order valence-corrected chi connectivity index (χ0v) is 18.9. The number of nitrogens with zero attached hydrogens (tertiary/aromatic N) is 1. The van der Waals surface area contributed by atoms with Crippen molar-refractivity contribution in [2.24, 2.45) is 0 Å². The third-order valence-electron chi connectivity index (χ3n) is 4.64. The number of benzene rings is 2. The van der Waals surface area contributed by atoms with Crippen molar-refractivity contribution in [3.63, 3.8) is 0 Å². The number of anilines is 1. The monoisotopic (exact) mass is 553 g/mol. The molecule has 0 aliphatic rings. The van der Waals surface area contributed by atoms with Crippen molar-refractivity contribution in [2.45, 2.75) is 11.8 Å². The van der Waals surface area contributed by atoms with Crippen LogP contribution in [0.5, 0.6) is 0 Å². The zero-order chi connectivity index (χ0) is 22.3. The summed E-state index contributed by atoms with van der Waals surface area (Å²) in [4.78, 5) is 19.8. The minimum absolute atomic E-state index is 0.0253. The molecule has 4 aromatic rings. The van der Waals surface area contributed by atoms with Gasteiger partial charge in [0.25, 0.3) is 10.0 Å². The molecule has 4 rings (SSSR count). The number of aromatic amines is 1. The topological polar surface area (TPSA) is 91.9 Å². The average Bonchev–Trinajstić information content (AvgIpc) is 3.13. The zero-order valence-electron chi connectivity index (χ0n) is 15.9. The third kappa shape index (κ3) is 4.04. The van der Waals surface area contributed by atoms with Gasteiger partial charge in [-0.05, 0) is 59.8 Å². The fourth-order valence-corrected chi connectivity index (χ4v) is 4.57. The molecular formula is C21H14F2IN3O3S. The summed E-state index contributed by atoms with van der Waals surface area (Å²) in [5.74, 6) is -3.33. The lowest BCUT2D eigenvalue weighted by Gasteiger charge is -2.12. The molecule has 0 saturated heterocycles. The first-order chi connectivity index (χ1) is 14.7. The maximum absolute atomic E-state index is 15.2. The van der Waals surface area contributed by atoms with E-state index in [-0.39, 0.29) is 10.5 Å². The Morgan fingerprint density at radius 1 is 1.13 bits per heavy atom. The lowest BCUT2D eigenvalue weighted by molar-refractivity contribution is 0.103. The molecule has 0 unspecified atom stereocenters. The molecule has 0 aliphatic heterocycles. The molecule has 10 heteroatoms. The van der Waals surface area contributed by atoms with Gasteiger partial charge in [0, 0.05) is 26.9 Å². The van der Waals surface area contributed by atoms with E-state index in [4.69, 9.17) is 0 Å². The van der Waals surface area contributed by atoms with Crippen LogP contribution >= 0.6 is 22.6 Å². The van der Waals surface area contributed by atoms with Crippen LogP contribution in [0.3, 0.4) is 0 Å². The highest BCUT2D eigenvalue weighted by molar-refractivity contribution is 14.1. The molecular weight excluding hydrogens is 539 g/mol. The van der Waals surface area contributed by atoms with Crippen LogP contribution < -0.4 is 4.72 Å². The Balaban J connectivity index is 1.76. The van der Waals surface area contributed by atoms with Gasteiger partial charge in [-0.3, -0.25) is 9.52 Å². The number of nitrogens with one attached hydrogen (secondary N) is 2. The highest BCUT2D eigenvalue weighted by Gasteiger charge is 2.26. The van der Waals surface area contributed by atoms with Crippen LogP contribution in [-0.4, -0.2) is 24.2 Å². The third-order valence-corrected chi connectivity index (χ3v) is 6.61. The standard InChI is InChI=1S/C21H14F2IN3O3S/c1-11-2-4-13(5-3-11)31(29,30)27-17-7-6-16(22)18(19(17)23)20(28)15-10-26-21-14(15)8-12(24)9-25-21/h2-10,27H,1H3,(H,25,26). The van der Waals surface area contributed by atoms with Gasteiger partial charge in [0.05, 0.1) is 16.1 Å². The fourth-order valence-electron chi connectivity index (χ4n) is 3.06. The minimum atomic E-state index is -4.14. The van der Waals surface area contributed by atoms with E-state index in [1.54, 1.807) is 31.3 Å². The van der Waals surface area contributed by atoms with E-state index in [1.807, 2.05) is 22.6 Å². The van der Waals surface area contributed by atoms with Gasteiger partial charge in [-0.15, -0.1) is 0 Å². The van der Waals surface area contributed by atoms with Crippen LogP contribution in [0.15, 0.2) is 59.8 Å². The SMILES string of the molecule is Cc1ccc(S(=O)(=O)Nc2ccc(F)c(C(=O)c3c[nH]c4ncc(I)cc34)c2F)cc1. The van der Waals surface area contributed by atoms with Crippen LogP contribution in [0.2, 0.25) is 0 Å². The van der Waals surface area contributed by atoms with Crippen molar-refractivity contribution in [3.05, 3.63) is 86.8 Å². The number of pyridine rings is 1. The van der Waals surface area contributed by atoms with Crippen molar-refractivity contribution >= 4 is 55.1 Å². The maximum Gasteiger partial charge on any atom is 0.261 e. The number of hydrogen-bond acceptors (Lipinski definition) is 4. The molecule has 0 bridgehead atoms. The molecule has 0 spiro atoms. The molecule has 2 aromatic heterocycles. The largest absolute Gasteiger partial charge is 0.345 e. The summed E-state index contributed by atoms with van der Waals surface area (Å²) < 4.78 is 57.7. The second-order valence-electron chi connectivity index (χ2n) is 6.78. The number of rotatable bonds is 5. The molecule has 0 radical (unpaired) electrons. The number of carbonyl (C=O) groups excluding carboxylic acids is 1. The highest BCUT2D eigenvalue weighted by atomic mass is 127. The lowest BCUT2D eigenvalue weighted by Crippen LogP contribution is -2.16. The summed E-state index contributed by atoms with van der Waals surface area (Å²) >= 11 is 2.01. The van der Waals surface area contributed by atoms with Gasteiger partial charge in [-0.1, -0.05) is 17.7 Å². The maximum atomic E-state index is 15.2. The van der Waals surface area contributed by atoms with E-state index in [0.717, 1.165) is 21.3 Å². The lowest BCUT2D eigenvalue weighted by atomic mass is 10.0. The number of aryl methyl sites for hydroxylation is 1. The molecule has 0 aliphatic carbocycles. The summed E-state index contributed by atoms with van der Waals surface area (Å²) in [6, 6.07) is 9.37. The van der Waals surface area contributed by atoms with Crippen LogP contribution in [0.4, 0.5) is 14.5 Å². The van der Waals surface area contributed by atoms with Gasteiger partial charge in [0.1, 0.15) is 11.5 Å². The minimum Gasteiger partial charge on any atom is -0.345 e. The van der Waals surface area contributed by atoms with Crippen molar-refractivity contribution in [1.29, 1.82) is 0 Å². The van der Waals surface area contributed by atoms with Gasteiger partial charge in [0.2, 0.25) is 5.78 Å². The van der Waals surface area contributed by atoms with Crippen molar-refractivity contribution in [3.8, 4) is 0 Å². The second kappa shape index (κ2) is 8.00. The van der Waals surface area contributed by atoms with Gasteiger partial charge in [-0.2, -0.15) is 0 Å². The van der Waals surface area contributed by atoms with Crippen LogP contribution in [0, 0.1) is 22.1 Å². The van der Waals surface area contributed by atoms with E-state index >= 15 is 4.39 Å². The average molecular weight is 553 g/mol. The van der Waals surface area contributed by atoms with Crippen LogP contribution in [0.25, 0.3) is 11.0 Å². The molecule has 2 N–H and O–H groups in total. The van der Waals surface area contributed by atoms with Gasteiger partial charge in [-0.25, -0.2) is 22.2 Å². The van der Waals surface area contributed by atoms with Gasteiger partial charge in [0.15, 0.2) is 5.82 Å². The molecule has 0 amide bonds. The molecule has 158 valence electrons. The number of ketones is 1. The predicted octanol–water partition coefficient (Wildman–Crippen LogP) is 4.79. The Kier molecular flexibility index (Phi) is 5.52. The first kappa shape index (κ1) is 21.4. The molecule has 0 saturated carbocycles. The number of halogens is 3. The number of carbonyl (C=O) groups is 1. The fraction of sp³-hybridized carbons (Fsp3) is 0.0476.